The SMILES string of the molecule is CCCCCCCCCCCCCCCCCCCC(=O)O[C@@H](COC(=O)CCCCCCC)COC(=O)CCCCCCCCC(C)CC. The van der Waals surface area contributed by atoms with Gasteiger partial charge in [-0.3, -0.25) is 14.4 Å². The number of carbonyl (C=O) groups excluding carboxylic acids is 3. The van der Waals surface area contributed by atoms with E-state index in [-0.39, 0.29) is 31.1 Å². The summed E-state index contributed by atoms with van der Waals surface area (Å²) in [5.74, 6) is -0.0593. The second kappa shape index (κ2) is 38.6. The van der Waals surface area contributed by atoms with Gasteiger partial charge in [0.1, 0.15) is 13.2 Å². The van der Waals surface area contributed by atoms with Crippen LogP contribution >= 0.6 is 0 Å². The van der Waals surface area contributed by atoms with Crippen LogP contribution in [0.4, 0.5) is 0 Å². The molecule has 0 heterocycles. The van der Waals surface area contributed by atoms with Gasteiger partial charge in [0.2, 0.25) is 0 Å². The van der Waals surface area contributed by atoms with Crippen LogP contribution in [0.25, 0.3) is 0 Å². The molecule has 0 aliphatic heterocycles. The van der Waals surface area contributed by atoms with E-state index in [4.69, 9.17) is 14.2 Å². The van der Waals surface area contributed by atoms with Gasteiger partial charge in [0.05, 0.1) is 0 Å². The van der Waals surface area contributed by atoms with Crippen molar-refractivity contribution < 1.29 is 28.6 Å². The molecule has 50 heavy (non-hydrogen) atoms. The summed E-state index contributed by atoms with van der Waals surface area (Å²) in [6.45, 7) is 8.88. The minimum atomic E-state index is -0.758. The van der Waals surface area contributed by atoms with Crippen molar-refractivity contribution in [3.63, 3.8) is 0 Å². The number of rotatable bonds is 39. The fourth-order valence-electron chi connectivity index (χ4n) is 6.42. The minimum absolute atomic E-state index is 0.0665. The molecule has 296 valence electrons. The zero-order valence-electron chi connectivity index (χ0n) is 33.9. The van der Waals surface area contributed by atoms with E-state index in [0.29, 0.717) is 19.3 Å². The summed E-state index contributed by atoms with van der Waals surface area (Å²) in [6, 6.07) is 0. The van der Waals surface area contributed by atoms with Crippen LogP contribution in [0.2, 0.25) is 0 Å². The summed E-state index contributed by atoms with van der Waals surface area (Å²) in [5.41, 5.74) is 0. The zero-order chi connectivity index (χ0) is 36.8. The second-order valence-electron chi connectivity index (χ2n) is 15.2. The molecule has 0 fully saturated rings. The van der Waals surface area contributed by atoms with E-state index in [0.717, 1.165) is 70.1 Å². The Morgan fingerprint density at radius 1 is 0.400 bits per heavy atom. The summed E-state index contributed by atoms with van der Waals surface area (Å²) in [6.07, 6.45) is 36.9. The van der Waals surface area contributed by atoms with Gasteiger partial charge in [-0.1, -0.05) is 201 Å². The normalized spacial score (nSPS) is 12.5. The van der Waals surface area contributed by atoms with Crippen molar-refractivity contribution in [2.24, 2.45) is 5.92 Å². The van der Waals surface area contributed by atoms with Gasteiger partial charge < -0.3 is 14.2 Å². The first kappa shape index (κ1) is 48.4. The fraction of sp³-hybridized carbons (Fsp3) is 0.932. The summed E-state index contributed by atoms with van der Waals surface area (Å²) < 4.78 is 16.6. The second-order valence-corrected chi connectivity index (χ2v) is 15.2. The first-order chi connectivity index (χ1) is 24.4. The van der Waals surface area contributed by atoms with Crippen molar-refractivity contribution in [2.75, 3.05) is 13.2 Å². The number of unbranched alkanes of at least 4 members (excludes halogenated alkanes) is 25. The molecule has 2 atom stereocenters. The van der Waals surface area contributed by atoms with Crippen LogP contribution in [-0.4, -0.2) is 37.2 Å². The maximum atomic E-state index is 12.6. The van der Waals surface area contributed by atoms with Gasteiger partial charge in [-0.05, 0) is 25.2 Å². The molecule has 0 aliphatic carbocycles. The zero-order valence-corrected chi connectivity index (χ0v) is 33.9. The highest BCUT2D eigenvalue weighted by Gasteiger charge is 2.19. The lowest BCUT2D eigenvalue weighted by Crippen LogP contribution is -2.30. The van der Waals surface area contributed by atoms with Gasteiger partial charge in [-0.2, -0.15) is 0 Å². The van der Waals surface area contributed by atoms with Crippen molar-refractivity contribution >= 4 is 17.9 Å². The Labute approximate surface area is 310 Å². The van der Waals surface area contributed by atoms with Gasteiger partial charge in [-0.15, -0.1) is 0 Å². The van der Waals surface area contributed by atoms with Crippen molar-refractivity contribution in [1.29, 1.82) is 0 Å². The number of hydrogen-bond donors (Lipinski definition) is 0. The van der Waals surface area contributed by atoms with Gasteiger partial charge in [0.25, 0.3) is 0 Å². The van der Waals surface area contributed by atoms with Crippen LogP contribution in [0.15, 0.2) is 0 Å². The van der Waals surface area contributed by atoms with Crippen molar-refractivity contribution in [2.45, 2.75) is 246 Å². The highest BCUT2D eigenvalue weighted by molar-refractivity contribution is 5.71. The van der Waals surface area contributed by atoms with E-state index in [1.807, 2.05) is 0 Å². The van der Waals surface area contributed by atoms with Gasteiger partial charge >= 0.3 is 17.9 Å². The third kappa shape index (κ3) is 36.2. The highest BCUT2D eigenvalue weighted by Crippen LogP contribution is 2.16. The van der Waals surface area contributed by atoms with Crippen LogP contribution in [0.3, 0.4) is 0 Å². The van der Waals surface area contributed by atoms with E-state index >= 15 is 0 Å². The highest BCUT2D eigenvalue weighted by atomic mass is 16.6. The Morgan fingerprint density at radius 2 is 0.700 bits per heavy atom. The van der Waals surface area contributed by atoms with Gasteiger partial charge in [-0.25, -0.2) is 0 Å². The van der Waals surface area contributed by atoms with Crippen molar-refractivity contribution in [3.8, 4) is 0 Å². The third-order valence-electron chi connectivity index (χ3n) is 10.2. The Hall–Kier alpha value is -1.59. The van der Waals surface area contributed by atoms with Crippen LogP contribution in [-0.2, 0) is 28.6 Å². The topological polar surface area (TPSA) is 78.9 Å². The largest absolute Gasteiger partial charge is 0.462 e. The molecule has 0 bridgehead atoms. The summed E-state index contributed by atoms with van der Waals surface area (Å²) in [5, 5.41) is 0. The quantitative estimate of drug-likeness (QED) is 0.0359. The third-order valence-corrected chi connectivity index (χ3v) is 10.2. The van der Waals surface area contributed by atoms with E-state index in [1.54, 1.807) is 0 Å². The number of ether oxygens (including phenoxy) is 3. The van der Waals surface area contributed by atoms with E-state index in [9.17, 15) is 14.4 Å². The fourth-order valence-corrected chi connectivity index (χ4v) is 6.42. The smallest absolute Gasteiger partial charge is 0.306 e. The lowest BCUT2D eigenvalue weighted by atomic mass is 10.00. The first-order valence-electron chi connectivity index (χ1n) is 21.9. The average Bonchev–Trinajstić information content (AvgIpc) is 3.11. The van der Waals surface area contributed by atoms with E-state index < -0.39 is 6.10 Å². The van der Waals surface area contributed by atoms with Crippen LogP contribution in [0.1, 0.15) is 240 Å². The predicted octanol–water partition coefficient (Wildman–Crippen LogP) is 13.6. The Kier molecular flexibility index (Phi) is 37.4. The summed E-state index contributed by atoms with van der Waals surface area (Å²) in [4.78, 5) is 37.4. The molecule has 0 saturated carbocycles. The van der Waals surface area contributed by atoms with Crippen molar-refractivity contribution in [3.05, 3.63) is 0 Å². The summed E-state index contributed by atoms with van der Waals surface area (Å²) >= 11 is 0. The van der Waals surface area contributed by atoms with Gasteiger partial charge in [0.15, 0.2) is 6.10 Å². The molecule has 0 N–H and O–H groups in total. The molecule has 6 nitrogen and oxygen atoms in total. The lowest BCUT2D eigenvalue weighted by molar-refractivity contribution is -0.167. The molecular weight excluding hydrogens is 624 g/mol. The molecule has 1 unspecified atom stereocenters. The van der Waals surface area contributed by atoms with Crippen molar-refractivity contribution in [1.82, 2.24) is 0 Å². The predicted molar refractivity (Wildman–Crippen MR) is 210 cm³/mol. The molecule has 0 aromatic heterocycles. The number of hydrogen-bond acceptors (Lipinski definition) is 6. The van der Waals surface area contributed by atoms with Crippen LogP contribution in [0, 0.1) is 5.92 Å². The molecule has 6 heteroatoms. The average molecular weight is 709 g/mol. The maximum absolute atomic E-state index is 12.6. The molecule has 0 rings (SSSR count). The summed E-state index contributed by atoms with van der Waals surface area (Å²) in [7, 11) is 0. The Balaban J connectivity index is 4.17. The molecule has 0 amide bonds. The van der Waals surface area contributed by atoms with Crippen LogP contribution < -0.4 is 0 Å². The Bertz CT molecular complexity index is 753. The number of carbonyl (C=O) groups is 3. The maximum Gasteiger partial charge on any atom is 0.306 e. The van der Waals surface area contributed by atoms with E-state index in [2.05, 4.69) is 27.7 Å². The molecule has 0 aromatic carbocycles. The van der Waals surface area contributed by atoms with E-state index in [1.165, 1.54) is 128 Å². The number of esters is 3. The molecule has 0 aliphatic rings. The Morgan fingerprint density at radius 3 is 1.04 bits per heavy atom. The molecule has 0 saturated heterocycles. The van der Waals surface area contributed by atoms with Crippen LogP contribution in [0.5, 0.6) is 0 Å². The lowest BCUT2D eigenvalue weighted by Gasteiger charge is -2.18. The molecular formula is C44H84O6. The monoisotopic (exact) mass is 709 g/mol. The molecule has 0 spiro atoms. The first-order valence-corrected chi connectivity index (χ1v) is 21.9. The minimum Gasteiger partial charge on any atom is -0.462 e. The standard InChI is InChI=1S/C44H84O6/c1-5-8-10-12-13-14-15-16-17-18-19-20-21-22-23-29-33-37-44(47)50-41(38-48-42(45)35-31-26-11-9-6-2)39-49-43(46)36-32-28-25-24-27-30-34-40(4)7-3/h40-41H,5-39H2,1-4H3/t40?,41-/m0/s1. The van der Waals surface area contributed by atoms with Gasteiger partial charge in [0, 0.05) is 19.3 Å². The molecule has 0 aromatic rings. The molecule has 0 radical (unpaired) electrons.